The first-order valence-electron chi connectivity index (χ1n) is 8.15. The van der Waals surface area contributed by atoms with E-state index in [1.165, 1.54) is 0 Å². The molecule has 5 nitrogen and oxygen atoms in total. The molecule has 0 aliphatic carbocycles. The van der Waals surface area contributed by atoms with Crippen molar-refractivity contribution in [3.05, 3.63) is 59.4 Å². The van der Waals surface area contributed by atoms with Crippen LogP contribution in [-0.4, -0.2) is 54.5 Å². The molecule has 1 aromatic carbocycles. The molecule has 126 valence electrons. The Morgan fingerprint density at radius 2 is 2.00 bits per heavy atom. The van der Waals surface area contributed by atoms with Gasteiger partial charge in [0.05, 0.1) is 18.7 Å². The van der Waals surface area contributed by atoms with Gasteiger partial charge in [-0.25, -0.2) is 0 Å². The number of aromatic nitrogens is 1. The summed E-state index contributed by atoms with van der Waals surface area (Å²) in [6, 6.07) is 11.9. The lowest BCUT2D eigenvalue weighted by atomic mass is 10.0. The van der Waals surface area contributed by atoms with Crippen LogP contribution < -0.4 is 4.74 Å². The SMILES string of the molecule is COc1ccccc1[C@H]1CN(C(=O)c2ccc(C)nc2)CCN1C. The molecule has 2 heterocycles. The van der Waals surface area contributed by atoms with Crippen molar-refractivity contribution in [2.45, 2.75) is 13.0 Å². The van der Waals surface area contributed by atoms with Crippen LogP contribution in [0.3, 0.4) is 0 Å². The highest BCUT2D eigenvalue weighted by Gasteiger charge is 2.30. The van der Waals surface area contributed by atoms with Gasteiger partial charge in [0.1, 0.15) is 5.75 Å². The van der Waals surface area contributed by atoms with Crippen molar-refractivity contribution in [3.63, 3.8) is 0 Å². The molecule has 5 heteroatoms. The minimum atomic E-state index is 0.0375. The number of para-hydroxylation sites is 1. The second kappa shape index (κ2) is 7.01. The summed E-state index contributed by atoms with van der Waals surface area (Å²) in [5.74, 6) is 0.899. The quantitative estimate of drug-likeness (QED) is 0.870. The maximum absolute atomic E-state index is 12.8. The molecular formula is C19H23N3O2. The first-order valence-corrected chi connectivity index (χ1v) is 8.15. The number of hydrogen-bond acceptors (Lipinski definition) is 4. The Labute approximate surface area is 142 Å². The van der Waals surface area contributed by atoms with Gasteiger partial charge < -0.3 is 9.64 Å². The lowest BCUT2D eigenvalue weighted by Crippen LogP contribution is -2.49. The molecule has 0 bridgehead atoms. The number of carbonyl (C=O) groups excluding carboxylic acids is 1. The molecule has 1 aliphatic rings. The molecule has 0 N–H and O–H groups in total. The van der Waals surface area contributed by atoms with Gasteiger partial charge in [-0.2, -0.15) is 0 Å². The molecule has 0 saturated carbocycles. The fraction of sp³-hybridized carbons (Fsp3) is 0.368. The number of hydrogen-bond donors (Lipinski definition) is 0. The predicted molar refractivity (Wildman–Crippen MR) is 93.2 cm³/mol. The second-order valence-electron chi connectivity index (χ2n) is 6.18. The van der Waals surface area contributed by atoms with Crippen LogP contribution >= 0.6 is 0 Å². The number of rotatable bonds is 3. The standard InChI is InChI=1S/C19H23N3O2/c1-14-8-9-15(12-20-14)19(23)22-11-10-21(2)17(13-22)16-6-4-5-7-18(16)24-3/h4-9,12,17H,10-11,13H2,1-3H3/t17-/m1/s1. The molecule has 1 saturated heterocycles. The smallest absolute Gasteiger partial charge is 0.255 e. The van der Waals surface area contributed by atoms with E-state index in [4.69, 9.17) is 4.74 Å². The molecule has 1 atom stereocenters. The number of benzene rings is 1. The third-order valence-corrected chi connectivity index (χ3v) is 4.59. The van der Waals surface area contributed by atoms with Crippen LogP contribution in [0.2, 0.25) is 0 Å². The topological polar surface area (TPSA) is 45.7 Å². The van der Waals surface area contributed by atoms with Crippen LogP contribution in [0.25, 0.3) is 0 Å². The molecule has 24 heavy (non-hydrogen) atoms. The number of pyridine rings is 1. The molecule has 3 rings (SSSR count). The van der Waals surface area contributed by atoms with E-state index < -0.39 is 0 Å². The van der Waals surface area contributed by atoms with Crippen molar-refractivity contribution in [2.24, 2.45) is 0 Å². The van der Waals surface area contributed by atoms with Gasteiger partial charge >= 0.3 is 0 Å². The summed E-state index contributed by atoms with van der Waals surface area (Å²) < 4.78 is 5.50. The van der Waals surface area contributed by atoms with E-state index in [2.05, 4.69) is 23.0 Å². The van der Waals surface area contributed by atoms with Crippen molar-refractivity contribution >= 4 is 5.91 Å². The van der Waals surface area contributed by atoms with E-state index in [1.54, 1.807) is 13.3 Å². The third-order valence-electron chi connectivity index (χ3n) is 4.59. The van der Waals surface area contributed by atoms with Gasteiger partial charge in [-0.3, -0.25) is 14.7 Å². The number of ether oxygens (including phenoxy) is 1. The van der Waals surface area contributed by atoms with Gasteiger partial charge in [-0.15, -0.1) is 0 Å². The van der Waals surface area contributed by atoms with Crippen LogP contribution in [0.15, 0.2) is 42.6 Å². The van der Waals surface area contributed by atoms with Gasteiger partial charge in [0.15, 0.2) is 0 Å². The summed E-state index contributed by atoms with van der Waals surface area (Å²) in [4.78, 5) is 21.2. The van der Waals surface area contributed by atoms with Crippen molar-refractivity contribution in [1.29, 1.82) is 0 Å². The molecule has 0 unspecified atom stereocenters. The Hall–Kier alpha value is -2.40. The first-order chi connectivity index (χ1) is 11.6. The lowest BCUT2D eigenvalue weighted by molar-refractivity contribution is 0.0542. The summed E-state index contributed by atoms with van der Waals surface area (Å²) in [6.45, 7) is 4.11. The van der Waals surface area contributed by atoms with E-state index in [1.807, 2.05) is 42.2 Å². The Balaban J connectivity index is 1.83. The fourth-order valence-electron chi connectivity index (χ4n) is 3.11. The highest BCUT2D eigenvalue weighted by molar-refractivity contribution is 5.94. The lowest BCUT2D eigenvalue weighted by Gasteiger charge is -2.40. The Morgan fingerprint density at radius 3 is 2.71 bits per heavy atom. The van der Waals surface area contributed by atoms with Crippen LogP contribution in [0.1, 0.15) is 27.7 Å². The van der Waals surface area contributed by atoms with Crippen molar-refractivity contribution < 1.29 is 9.53 Å². The molecule has 1 fully saturated rings. The number of nitrogens with zero attached hydrogens (tertiary/aromatic N) is 3. The summed E-state index contributed by atoms with van der Waals surface area (Å²) in [7, 11) is 3.77. The summed E-state index contributed by atoms with van der Waals surface area (Å²) in [5.41, 5.74) is 2.67. The summed E-state index contributed by atoms with van der Waals surface area (Å²) in [6.07, 6.45) is 1.66. The van der Waals surface area contributed by atoms with Gasteiger partial charge in [0.25, 0.3) is 5.91 Å². The molecule has 1 aliphatic heterocycles. The Kier molecular flexibility index (Phi) is 4.81. The zero-order valence-electron chi connectivity index (χ0n) is 14.4. The Bertz CT molecular complexity index is 715. The maximum atomic E-state index is 12.8. The van der Waals surface area contributed by atoms with Crippen molar-refractivity contribution in [3.8, 4) is 5.75 Å². The van der Waals surface area contributed by atoms with Gasteiger partial charge in [-0.05, 0) is 32.2 Å². The number of likely N-dealkylation sites (N-methyl/N-ethyl adjacent to an activating group) is 1. The molecule has 0 spiro atoms. The van der Waals surface area contributed by atoms with Crippen LogP contribution in [0, 0.1) is 6.92 Å². The minimum absolute atomic E-state index is 0.0375. The first kappa shape index (κ1) is 16.5. The van der Waals surface area contributed by atoms with Crippen molar-refractivity contribution in [2.75, 3.05) is 33.8 Å². The number of carbonyl (C=O) groups is 1. The van der Waals surface area contributed by atoms with Gasteiger partial charge in [0, 0.05) is 37.1 Å². The third kappa shape index (κ3) is 3.26. The van der Waals surface area contributed by atoms with Crippen molar-refractivity contribution in [1.82, 2.24) is 14.8 Å². The Morgan fingerprint density at radius 1 is 1.21 bits per heavy atom. The average Bonchev–Trinajstić information content (AvgIpc) is 2.62. The maximum Gasteiger partial charge on any atom is 0.255 e. The van der Waals surface area contributed by atoms with Crippen LogP contribution in [0.5, 0.6) is 5.75 Å². The largest absolute Gasteiger partial charge is 0.496 e. The molecule has 1 aromatic heterocycles. The zero-order chi connectivity index (χ0) is 17.1. The molecule has 1 amide bonds. The monoisotopic (exact) mass is 325 g/mol. The van der Waals surface area contributed by atoms with Crippen LogP contribution in [0.4, 0.5) is 0 Å². The normalized spacial score (nSPS) is 18.5. The number of methoxy groups -OCH3 is 1. The number of piperazine rings is 1. The van der Waals surface area contributed by atoms with Crippen LogP contribution in [-0.2, 0) is 0 Å². The number of aryl methyl sites for hydroxylation is 1. The number of amides is 1. The summed E-state index contributed by atoms with van der Waals surface area (Å²) in [5, 5.41) is 0. The molecule has 0 radical (unpaired) electrons. The highest BCUT2D eigenvalue weighted by Crippen LogP contribution is 2.31. The summed E-state index contributed by atoms with van der Waals surface area (Å²) >= 11 is 0. The highest BCUT2D eigenvalue weighted by atomic mass is 16.5. The second-order valence-corrected chi connectivity index (χ2v) is 6.18. The molecular weight excluding hydrogens is 302 g/mol. The van der Waals surface area contributed by atoms with Gasteiger partial charge in [-0.1, -0.05) is 18.2 Å². The molecule has 2 aromatic rings. The van der Waals surface area contributed by atoms with E-state index >= 15 is 0 Å². The zero-order valence-corrected chi connectivity index (χ0v) is 14.4. The minimum Gasteiger partial charge on any atom is -0.496 e. The van der Waals surface area contributed by atoms with Gasteiger partial charge in [0.2, 0.25) is 0 Å². The predicted octanol–water partition coefficient (Wildman–Crippen LogP) is 2.53. The fourth-order valence-corrected chi connectivity index (χ4v) is 3.11. The van der Waals surface area contributed by atoms with E-state index in [0.29, 0.717) is 12.1 Å². The van der Waals surface area contributed by atoms with E-state index in [9.17, 15) is 4.79 Å². The average molecular weight is 325 g/mol. The van der Waals surface area contributed by atoms with E-state index in [-0.39, 0.29) is 11.9 Å². The van der Waals surface area contributed by atoms with E-state index in [0.717, 1.165) is 30.1 Å².